The highest BCUT2D eigenvalue weighted by atomic mass is 35.5. The molecule has 0 aliphatic heterocycles. The zero-order valence-electron chi connectivity index (χ0n) is 14.3. The first-order chi connectivity index (χ1) is 13.0. The highest BCUT2D eigenvalue weighted by Gasteiger charge is 2.19. The molecule has 0 saturated carbocycles. The van der Waals surface area contributed by atoms with E-state index in [1.165, 1.54) is 29.2 Å². The maximum atomic E-state index is 12.6. The van der Waals surface area contributed by atoms with Crippen molar-refractivity contribution >= 4 is 23.2 Å². The molecule has 0 N–H and O–H groups in total. The predicted octanol–water partition coefficient (Wildman–Crippen LogP) is 3.96. The molecule has 0 atom stereocenters. The summed E-state index contributed by atoms with van der Waals surface area (Å²) in [5, 5.41) is 15.3. The van der Waals surface area contributed by atoms with E-state index < -0.39 is 4.92 Å². The van der Waals surface area contributed by atoms with Crippen LogP contribution in [0.5, 0.6) is 0 Å². The van der Waals surface area contributed by atoms with Gasteiger partial charge in [0.15, 0.2) is 0 Å². The van der Waals surface area contributed by atoms with Crippen LogP contribution in [0.3, 0.4) is 0 Å². The summed E-state index contributed by atoms with van der Waals surface area (Å²) in [6.45, 7) is 2.36. The summed E-state index contributed by atoms with van der Waals surface area (Å²) in [4.78, 5) is 28.7. The molecule has 138 valence electrons. The third kappa shape index (κ3) is 4.29. The standard InChI is InChI=1S/C18H15ClN4O4/c1-2-22(18(24)13-5-9-15(10-6-13)23(25)26)11-16-20-17(21-27-16)12-3-7-14(19)8-4-12/h3-10H,2,11H2,1H3. The SMILES string of the molecule is CCN(Cc1nc(-c2ccc(Cl)cc2)no1)C(=O)c1ccc([N+](=O)[O-])cc1. The maximum Gasteiger partial charge on any atom is 0.269 e. The Morgan fingerprint density at radius 1 is 1.19 bits per heavy atom. The van der Waals surface area contributed by atoms with Gasteiger partial charge in [0.2, 0.25) is 11.7 Å². The summed E-state index contributed by atoms with van der Waals surface area (Å²) < 4.78 is 5.24. The van der Waals surface area contributed by atoms with Gasteiger partial charge in [0.1, 0.15) is 6.54 Å². The maximum absolute atomic E-state index is 12.6. The minimum atomic E-state index is -0.511. The lowest BCUT2D eigenvalue weighted by molar-refractivity contribution is -0.384. The van der Waals surface area contributed by atoms with Gasteiger partial charge in [-0.05, 0) is 43.3 Å². The van der Waals surface area contributed by atoms with Crippen LogP contribution in [0.2, 0.25) is 5.02 Å². The van der Waals surface area contributed by atoms with Crippen molar-refractivity contribution in [3.63, 3.8) is 0 Å². The quantitative estimate of drug-likeness (QED) is 0.469. The van der Waals surface area contributed by atoms with E-state index in [4.69, 9.17) is 16.1 Å². The molecule has 0 spiro atoms. The third-order valence-corrected chi connectivity index (χ3v) is 4.14. The van der Waals surface area contributed by atoms with Gasteiger partial charge in [-0.1, -0.05) is 16.8 Å². The zero-order chi connectivity index (χ0) is 19.4. The summed E-state index contributed by atoms with van der Waals surface area (Å²) in [5.74, 6) is 0.413. The van der Waals surface area contributed by atoms with Crippen molar-refractivity contribution in [2.24, 2.45) is 0 Å². The Balaban J connectivity index is 1.74. The summed E-state index contributed by atoms with van der Waals surface area (Å²) in [6.07, 6.45) is 0. The summed E-state index contributed by atoms with van der Waals surface area (Å²) in [7, 11) is 0. The van der Waals surface area contributed by atoms with Gasteiger partial charge < -0.3 is 9.42 Å². The van der Waals surface area contributed by atoms with Crippen molar-refractivity contribution in [1.82, 2.24) is 15.0 Å². The molecule has 0 unspecified atom stereocenters. The Bertz CT molecular complexity index is 954. The smallest absolute Gasteiger partial charge is 0.269 e. The normalized spacial score (nSPS) is 10.6. The fraction of sp³-hybridized carbons (Fsp3) is 0.167. The highest BCUT2D eigenvalue weighted by Crippen LogP contribution is 2.20. The number of nitro groups is 1. The van der Waals surface area contributed by atoms with Crippen molar-refractivity contribution in [3.05, 3.63) is 75.1 Å². The van der Waals surface area contributed by atoms with Gasteiger partial charge in [0, 0.05) is 34.8 Å². The topological polar surface area (TPSA) is 102 Å². The second-order valence-corrected chi connectivity index (χ2v) is 6.08. The number of rotatable bonds is 6. The zero-order valence-corrected chi connectivity index (χ0v) is 15.1. The Morgan fingerprint density at radius 3 is 2.44 bits per heavy atom. The Labute approximate surface area is 159 Å². The second kappa shape index (κ2) is 7.96. The molecule has 0 aliphatic carbocycles. The molecule has 0 saturated heterocycles. The number of carbonyl (C=O) groups is 1. The van der Waals surface area contributed by atoms with E-state index in [0.717, 1.165) is 5.56 Å². The molecule has 8 nitrogen and oxygen atoms in total. The highest BCUT2D eigenvalue weighted by molar-refractivity contribution is 6.30. The first-order valence-electron chi connectivity index (χ1n) is 8.10. The molecule has 1 amide bonds. The number of halogens is 1. The average Bonchev–Trinajstić information content (AvgIpc) is 3.15. The van der Waals surface area contributed by atoms with Gasteiger partial charge in [0.05, 0.1) is 4.92 Å². The fourth-order valence-electron chi connectivity index (χ4n) is 2.43. The number of amides is 1. The number of hydrogen-bond donors (Lipinski definition) is 0. The number of non-ortho nitro benzene ring substituents is 1. The number of aromatic nitrogens is 2. The van der Waals surface area contributed by atoms with Crippen LogP contribution < -0.4 is 0 Å². The summed E-state index contributed by atoms with van der Waals surface area (Å²) in [6, 6.07) is 12.4. The molecule has 3 aromatic rings. The van der Waals surface area contributed by atoms with E-state index in [9.17, 15) is 14.9 Å². The Hall–Kier alpha value is -3.26. The van der Waals surface area contributed by atoms with Crippen LogP contribution >= 0.6 is 11.6 Å². The van der Waals surface area contributed by atoms with Gasteiger partial charge in [0.25, 0.3) is 11.6 Å². The van der Waals surface area contributed by atoms with E-state index in [-0.39, 0.29) is 24.0 Å². The molecule has 0 radical (unpaired) electrons. The molecular weight excluding hydrogens is 372 g/mol. The van der Waals surface area contributed by atoms with E-state index in [0.29, 0.717) is 23.0 Å². The number of nitrogens with zero attached hydrogens (tertiary/aromatic N) is 4. The Morgan fingerprint density at radius 2 is 1.85 bits per heavy atom. The molecule has 1 heterocycles. The minimum Gasteiger partial charge on any atom is -0.337 e. The van der Waals surface area contributed by atoms with Crippen LogP contribution in [0.25, 0.3) is 11.4 Å². The van der Waals surface area contributed by atoms with Crippen molar-refractivity contribution in [2.75, 3.05) is 6.54 Å². The largest absolute Gasteiger partial charge is 0.337 e. The first kappa shape index (κ1) is 18.5. The van der Waals surface area contributed by atoms with Crippen molar-refractivity contribution in [2.45, 2.75) is 13.5 Å². The van der Waals surface area contributed by atoms with Gasteiger partial charge in [-0.3, -0.25) is 14.9 Å². The van der Waals surface area contributed by atoms with Crippen LogP contribution in [0, 0.1) is 10.1 Å². The molecule has 0 bridgehead atoms. The number of benzene rings is 2. The fourth-order valence-corrected chi connectivity index (χ4v) is 2.56. The molecule has 0 fully saturated rings. The number of carbonyl (C=O) groups excluding carboxylic acids is 1. The monoisotopic (exact) mass is 386 g/mol. The van der Waals surface area contributed by atoms with E-state index >= 15 is 0 Å². The van der Waals surface area contributed by atoms with Crippen molar-refractivity contribution in [3.8, 4) is 11.4 Å². The summed E-state index contributed by atoms with van der Waals surface area (Å²) >= 11 is 5.87. The van der Waals surface area contributed by atoms with Crippen LogP contribution in [0.15, 0.2) is 53.1 Å². The van der Waals surface area contributed by atoms with Crippen LogP contribution in [-0.2, 0) is 6.54 Å². The number of hydrogen-bond acceptors (Lipinski definition) is 6. The van der Waals surface area contributed by atoms with Crippen LogP contribution in [0.4, 0.5) is 5.69 Å². The first-order valence-corrected chi connectivity index (χ1v) is 8.48. The van der Waals surface area contributed by atoms with Crippen molar-refractivity contribution < 1.29 is 14.2 Å². The lowest BCUT2D eigenvalue weighted by Crippen LogP contribution is -2.30. The van der Waals surface area contributed by atoms with E-state index in [1.54, 1.807) is 24.3 Å². The third-order valence-electron chi connectivity index (χ3n) is 3.89. The predicted molar refractivity (Wildman–Crippen MR) is 98.3 cm³/mol. The second-order valence-electron chi connectivity index (χ2n) is 5.64. The minimum absolute atomic E-state index is 0.0703. The summed E-state index contributed by atoms with van der Waals surface area (Å²) in [5.41, 5.74) is 1.03. The molecule has 27 heavy (non-hydrogen) atoms. The molecular formula is C18H15ClN4O4. The van der Waals surface area contributed by atoms with Crippen molar-refractivity contribution in [1.29, 1.82) is 0 Å². The van der Waals surface area contributed by atoms with Crippen LogP contribution in [-0.4, -0.2) is 32.4 Å². The molecule has 3 rings (SSSR count). The average molecular weight is 387 g/mol. The van der Waals surface area contributed by atoms with Gasteiger partial charge in [-0.25, -0.2) is 0 Å². The molecule has 0 aliphatic rings. The number of nitro benzene ring substituents is 1. The molecule has 9 heteroatoms. The van der Waals surface area contributed by atoms with E-state index in [2.05, 4.69) is 10.1 Å². The Kier molecular flexibility index (Phi) is 5.46. The van der Waals surface area contributed by atoms with Crippen LogP contribution in [0.1, 0.15) is 23.2 Å². The molecule has 1 aromatic heterocycles. The van der Waals surface area contributed by atoms with Gasteiger partial charge in [-0.15, -0.1) is 0 Å². The van der Waals surface area contributed by atoms with E-state index in [1.807, 2.05) is 6.92 Å². The van der Waals surface area contributed by atoms with Gasteiger partial charge in [-0.2, -0.15) is 4.98 Å². The molecule has 2 aromatic carbocycles. The lowest BCUT2D eigenvalue weighted by atomic mass is 10.2. The lowest BCUT2D eigenvalue weighted by Gasteiger charge is -2.18. The van der Waals surface area contributed by atoms with Gasteiger partial charge >= 0.3 is 0 Å².